The molecule has 3 rings (SSSR count). The first-order chi connectivity index (χ1) is 10.1. The van der Waals surface area contributed by atoms with E-state index in [-0.39, 0.29) is 5.56 Å². The third-order valence-corrected chi connectivity index (χ3v) is 4.12. The van der Waals surface area contributed by atoms with Crippen LogP contribution in [0.3, 0.4) is 0 Å². The Kier molecular flexibility index (Phi) is 3.85. The van der Waals surface area contributed by atoms with Gasteiger partial charge in [-0.1, -0.05) is 28.1 Å². The second kappa shape index (κ2) is 5.79. The Morgan fingerprint density at radius 1 is 1.10 bits per heavy atom. The molecule has 0 spiro atoms. The van der Waals surface area contributed by atoms with Crippen molar-refractivity contribution in [2.24, 2.45) is 0 Å². The van der Waals surface area contributed by atoms with Gasteiger partial charge in [-0.3, -0.25) is 0 Å². The fraction of sp³-hybridized carbons (Fsp3) is 0. The molecule has 21 heavy (non-hydrogen) atoms. The number of carboxylic acid groups (broad SMARTS) is 1. The van der Waals surface area contributed by atoms with Crippen LogP contribution in [0.2, 0.25) is 0 Å². The molecule has 1 aromatic heterocycles. The van der Waals surface area contributed by atoms with Crippen molar-refractivity contribution in [1.82, 2.24) is 15.2 Å². The minimum atomic E-state index is -0.987. The summed E-state index contributed by atoms with van der Waals surface area (Å²) in [5.41, 5.74) is 1.64. The maximum Gasteiger partial charge on any atom is 0.336 e. The van der Waals surface area contributed by atoms with Crippen LogP contribution >= 0.6 is 27.7 Å². The summed E-state index contributed by atoms with van der Waals surface area (Å²) in [5.74, 6) is -0.987. The first-order valence-electron chi connectivity index (χ1n) is 5.93. The number of halogens is 1. The van der Waals surface area contributed by atoms with Crippen LogP contribution in [0.5, 0.6) is 0 Å². The highest BCUT2D eigenvalue weighted by atomic mass is 79.9. The van der Waals surface area contributed by atoms with Gasteiger partial charge in [0.15, 0.2) is 0 Å². The monoisotopic (exact) mass is 361 g/mol. The molecule has 7 heteroatoms. The minimum Gasteiger partial charge on any atom is -0.478 e. The van der Waals surface area contributed by atoms with E-state index in [2.05, 4.69) is 31.1 Å². The van der Waals surface area contributed by atoms with Crippen LogP contribution in [0.1, 0.15) is 10.4 Å². The maximum absolute atomic E-state index is 11.3. The lowest BCUT2D eigenvalue weighted by Crippen LogP contribution is -1.99. The lowest BCUT2D eigenvalue weighted by molar-refractivity contribution is 0.0693. The zero-order valence-corrected chi connectivity index (χ0v) is 12.9. The molecule has 2 aromatic carbocycles. The summed E-state index contributed by atoms with van der Waals surface area (Å²) < 4.78 is 0.795. The number of nitrogens with zero attached hydrogens (tertiary/aromatic N) is 3. The highest BCUT2D eigenvalue weighted by Crippen LogP contribution is 2.30. The Balaban J connectivity index is 2.02. The highest BCUT2D eigenvalue weighted by Gasteiger charge is 2.13. The van der Waals surface area contributed by atoms with E-state index in [0.717, 1.165) is 9.99 Å². The van der Waals surface area contributed by atoms with E-state index in [1.54, 1.807) is 18.2 Å². The standard InChI is InChI=1S/C14H8BrN3O2S/c15-8-5-6-9(13(19)20)12(7-8)21-14-16-10-3-1-2-4-11(10)17-18-14/h1-7H,(H,19,20). The van der Waals surface area contributed by atoms with Crippen molar-refractivity contribution in [1.29, 1.82) is 0 Å². The molecular formula is C14H8BrN3O2S. The topological polar surface area (TPSA) is 76.0 Å². The van der Waals surface area contributed by atoms with Crippen molar-refractivity contribution >= 4 is 44.7 Å². The van der Waals surface area contributed by atoms with Gasteiger partial charge in [-0.2, -0.15) is 0 Å². The zero-order chi connectivity index (χ0) is 14.8. The van der Waals surface area contributed by atoms with Gasteiger partial charge < -0.3 is 5.11 Å². The van der Waals surface area contributed by atoms with Crippen molar-refractivity contribution in [2.75, 3.05) is 0 Å². The van der Waals surface area contributed by atoms with E-state index >= 15 is 0 Å². The number of aromatic nitrogens is 3. The largest absolute Gasteiger partial charge is 0.478 e. The predicted molar refractivity (Wildman–Crippen MR) is 82.6 cm³/mol. The first kappa shape index (κ1) is 14.0. The SMILES string of the molecule is O=C(O)c1ccc(Br)cc1Sc1nnc2ccccc2n1. The van der Waals surface area contributed by atoms with Gasteiger partial charge in [0.05, 0.1) is 11.1 Å². The van der Waals surface area contributed by atoms with Gasteiger partial charge in [-0.15, -0.1) is 10.2 Å². The van der Waals surface area contributed by atoms with E-state index in [1.165, 1.54) is 11.8 Å². The molecule has 0 bridgehead atoms. The summed E-state index contributed by atoms with van der Waals surface area (Å²) in [7, 11) is 0. The third kappa shape index (κ3) is 3.03. The van der Waals surface area contributed by atoms with Crippen LogP contribution in [0, 0.1) is 0 Å². The van der Waals surface area contributed by atoms with Crippen LogP contribution in [-0.4, -0.2) is 26.3 Å². The van der Waals surface area contributed by atoms with Gasteiger partial charge in [-0.25, -0.2) is 9.78 Å². The number of carboxylic acids is 1. The normalized spacial score (nSPS) is 10.7. The van der Waals surface area contributed by atoms with E-state index in [1.807, 2.05) is 24.3 Å². The van der Waals surface area contributed by atoms with Gasteiger partial charge in [0.2, 0.25) is 5.16 Å². The second-order valence-corrected chi connectivity index (χ2v) is 6.06. The van der Waals surface area contributed by atoms with Crippen LogP contribution in [0.15, 0.2) is 57.0 Å². The Morgan fingerprint density at radius 3 is 2.62 bits per heavy atom. The fourth-order valence-electron chi connectivity index (χ4n) is 1.76. The van der Waals surface area contributed by atoms with Crippen LogP contribution in [0.25, 0.3) is 11.0 Å². The molecule has 0 saturated heterocycles. The molecule has 1 N–H and O–H groups in total. The molecule has 104 valence electrons. The number of aromatic carboxylic acids is 1. The molecule has 0 aliphatic heterocycles. The highest BCUT2D eigenvalue weighted by molar-refractivity contribution is 9.10. The van der Waals surface area contributed by atoms with Gasteiger partial charge in [0.1, 0.15) is 5.52 Å². The van der Waals surface area contributed by atoms with Gasteiger partial charge in [-0.05, 0) is 42.1 Å². The molecule has 0 aliphatic carbocycles. The van der Waals surface area contributed by atoms with Crippen LogP contribution < -0.4 is 0 Å². The lowest BCUT2D eigenvalue weighted by Gasteiger charge is -2.05. The lowest BCUT2D eigenvalue weighted by atomic mass is 10.2. The summed E-state index contributed by atoms with van der Waals surface area (Å²) in [5, 5.41) is 17.7. The number of fused-ring (bicyclic) bond motifs is 1. The summed E-state index contributed by atoms with van der Waals surface area (Å²) in [6.07, 6.45) is 0. The molecule has 1 heterocycles. The van der Waals surface area contributed by atoms with Gasteiger partial charge in [0, 0.05) is 9.37 Å². The molecule has 0 radical (unpaired) electrons. The summed E-state index contributed by atoms with van der Waals surface area (Å²) in [6, 6.07) is 12.4. The molecule has 0 amide bonds. The first-order valence-corrected chi connectivity index (χ1v) is 7.54. The number of carbonyl (C=O) groups is 1. The van der Waals surface area contributed by atoms with E-state index in [4.69, 9.17) is 0 Å². The number of benzene rings is 2. The Bertz CT molecular complexity index is 841. The summed E-state index contributed by atoms with van der Waals surface area (Å²) >= 11 is 4.51. The molecule has 0 atom stereocenters. The molecular weight excluding hydrogens is 354 g/mol. The quantitative estimate of drug-likeness (QED) is 0.767. The zero-order valence-electron chi connectivity index (χ0n) is 10.5. The van der Waals surface area contributed by atoms with E-state index in [9.17, 15) is 9.90 Å². The predicted octanol–water partition coefficient (Wildman–Crippen LogP) is 3.64. The number of para-hydroxylation sites is 1. The molecule has 0 unspecified atom stereocenters. The molecule has 5 nitrogen and oxygen atoms in total. The number of hydrogen-bond acceptors (Lipinski definition) is 5. The Hall–Kier alpha value is -1.99. The van der Waals surface area contributed by atoms with Crippen LogP contribution in [-0.2, 0) is 0 Å². The second-order valence-electron chi connectivity index (χ2n) is 4.13. The van der Waals surface area contributed by atoms with Crippen molar-refractivity contribution < 1.29 is 9.90 Å². The van der Waals surface area contributed by atoms with Crippen molar-refractivity contribution in [3.8, 4) is 0 Å². The minimum absolute atomic E-state index is 0.208. The van der Waals surface area contributed by atoms with Crippen molar-refractivity contribution in [2.45, 2.75) is 10.1 Å². The van der Waals surface area contributed by atoms with Crippen LogP contribution in [0.4, 0.5) is 0 Å². The van der Waals surface area contributed by atoms with Crippen molar-refractivity contribution in [3.05, 3.63) is 52.5 Å². The fourth-order valence-corrected chi connectivity index (χ4v) is 3.15. The maximum atomic E-state index is 11.3. The number of hydrogen-bond donors (Lipinski definition) is 1. The van der Waals surface area contributed by atoms with Gasteiger partial charge in [0.25, 0.3) is 0 Å². The van der Waals surface area contributed by atoms with Crippen molar-refractivity contribution in [3.63, 3.8) is 0 Å². The molecule has 3 aromatic rings. The average molecular weight is 362 g/mol. The Labute approximate surface area is 132 Å². The average Bonchev–Trinajstić information content (AvgIpc) is 2.47. The summed E-state index contributed by atoms with van der Waals surface area (Å²) in [6.45, 7) is 0. The molecule has 0 saturated carbocycles. The smallest absolute Gasteiger partial charge is 0.336 e. The molecule has 0 aliphatic rings. The molecule has 0 fully saturated rings. The summed E-state index contributed by atoms with van der Waals surface area (Å²) in [4.78, 5) is 16.2. The van der Waals surface area contributed by atoms with E-state index in [0.29, 0.717) is 15.6 Å². The third-order valence-electron chi connectivity index (χ3n) is 2.72. The van der Waals surface area contributed by atoms with Gasteiger partial charge >= 0.3 is 5.97 Å². The number of rotatable bonds is 3. The Morgan fingerprint density at radius 2 is 1.86 bits per heavy atom. The van der Waals surface area contributed by atoms with E-state index < -0.39 is 5.97 Å².